The number of nitrogens with zero attached hydrogens (tertiary/aromatic N) is 3. The lowest BCUT2D eigenvalue weighted by atomic mass is 10.0. The number of benzene rings is 1. The molecule has 2 aliphatic rings. The summed E-state index contributed by atoms with van der Waals surface area (Å²) in [6.45, 7) is 8.36. The summed E-state index contributed by atoms with van der Waals surface area (Å²) in [6, 6.07) is 10.5. The van der Waals surface area contributed by atoms with E-state index in [0.717, 1.165) is 61.8 Å². The minimum absolute atomic E-state index is 0. The van der Waals surface area contributed by atoms with Gasteiger partial charge in [-0.1, -0.05) is 42.7 Å². The predicted molar refractivity (Wildman–Crippen MR) is 122 cm³/mol. The molecule has 2 saturated heterocycles. The molecule has 1 aromatic heterocycles. The Hall–Kier alpha value is -1.62. The van der Waals surface area contributed by atoms with E-state index in [2.05, 4.69) is 47.1 Å². The number of hydrogen-bond acceptors (Lipinski definition) is 4. The van der Waals surface area contributed by atoms with Gasteiger partial charge in [0.05, 0.1) is 5.69 Å². The minimum atomic E-state index is 0. The molecule has 29 heavy (non-hydrogen) atoms. The summed E-state index contributed by atoms with van der Waals surface area (Å²) in [5.74, 6) is 0.358. The van der Waals surface area contributed by atoms with Crippen LogP contribution in [0.15, 0.2) is 30.3 Å². The Morgan fingerprint density at radius 3 is 1.97 bits per heavy atom. The normalized spacial score (nSPS) is 18.4. The second kappa shape index (κ2) is 10.4. The summed E-state index contributed by atoms with van der Waals surface area (Å²) in [5.41, 5.74) is 5.08. The van der Waals surface area contributed by atoms with Crippen LogP contribution in [-0.4, -0.2) is 46.1 Å². The Balaban J connectivity index is 0.00000240. The Bertz CT molecular complexity index is 781. The van der Waals surface area contributed by atoms with Crippen molar-refractivity contribution in [3.05, 3.63) is 47.2 Å². The van der Waals surface area contributed by atoms with E-state index >= 15 is 0 Å². The molecule has 0 atom stereocenters. The average Bonchev–Trinajstić information content (AvgIpc) is 2.72. The van der Waals surface area contributed by atoms with Gasteiger partial charge in [0, 0.05) is 24.2 Å². The molecule has 2 aliphatic heterocycles. The first-order chi connectivity index (χ1) is 13.7. The summed E-state index contributed by atoms with van der Waals surface area (Å²) >= 11 is 0. The average molecular weight is 416 g/mol. The Labute approximate surface area is 181 Å². The van der Waals surface area contributed by atoms with Crippen LogP contribution in [-0.2, 0) is 13.1 Å². The minimum Gasteiger partial charge on any atom is -0.505 e. The van der Waals surface area contributed by atoms with Gasteiger partial charge in [-0.15, -0.1) is 12.4 Å². The van der Waals surface area contributed by atoms with Crippen LogP contribution in [0.25, 0.3) is 11.3 Å². The van der Waals surface area contributed by atoms with Crippen molar-refractivity contribution in [2.24, 2.45) is 0 Å². The van der Waals surface area contributed by atoms with Crippen molar-refractivity contribution in [3.8, 4) is 17.0 Å². The molecule has 2 fully saturated rings. The van der Waals surface area contributed by atoms with Gasteiger partial charge < -0.3 is 5.11 Å². The fraction of sp³-hybridized carbons (Fsp3) is 0.542. The van der Waals surface area contributed by atoms with E-state index in [4.69, 9.17) is 4.98 Å². The van der Waals surface area contributed by atoms with Crippen LogP contribution in [0.3, 0.4) is 0 Å². The van der Waals surface area contributed by atoms with Gasteiger partial charge in [-0.3, -0.25) is 9.80 Å². The highest BCUT2D eigenvalue weighted by molar-refractivity contribution is 5.85. The summed E-state index contributed by atoms with van der Waals surface area (Å²) in [6.07, 6.45) is 7.75. The standard InChI is InChI=1S/C24H33N3O.ClH/c1-19-8-10-20(11-9-19)23-24(28)21(17-26-12-4-2-5-13-26)16-22(25-23)18-27-14-6-3-7-15-27;/h8-11,16,28H,2-7,12-15,17-18H2,1H3;1H. The smallest absolute Gasteiger partial charge is 0.146 e. The summed E-state index contributed by atoms with van der Waals surface area (Å²) in [7, 11) is 0. The maximum Gasteiger partial charge on any atom is 0.146 e. The van der Waals surface area contributed by atoms with E-state index in [-0.39, 0.29) is 12.4 Å². The molecular weight excluding hydrogens is 382 g/mol. The molecule has 0 spiro atoms. The third kappa shape index (κ3) is 5.71. The summed E-state index contributed by atoms with van der Waals surface area (Å²) in [5, 5.41) is 11.1. The Kier molecular flexibility index (Phi) is 7.93. The van der Waals surface area contributed by atoms with Crippen LogP contribution in [0, 0.1) is 6.92 Å². The lowest BCUT2D eigenvalue weighted by molar-refractivity contribution is 0.214. The quantitative estimate of drug-likeness (QED) is 0.732. The molecule has 1 N–H and O–H groups in total. The van der Waals surface area contributed by atoms with Crippen molar-refractivity contribution >= 4 is 12.4 Å². The number of aryl methyl sites for hydroxylation is 1. The van der Waals surface area contributed by atoms with Crippen molar-refractivity contribution < 1.29 is 5.11 Å². The van der Waals surface area contributed by atoms with Crippen molar-refractivity contribution in [2.75, 3.05) is 26.2 Å². The highest BCUT2D eigenvalue weighted by atomic mass is 35.5. The maximum absolute atomic E-state index is 11.1. The number of aromatic nitrogens is 1. The van der Waals surface area contributed by atoms with E-state index in [1.54, 1.807) is 0 Å². The topological polar surface area (TPSA) is 39.6 Å². The Morgan fingerprint density at radius 2 is 1.38 bits per heavy atom. The molecule has 4 rings (SSSR count). The van der Waals surface area contributed by atoms with E-state index < -0.39 is 0 Å². The van der Waals surface area contributed by atoms with E-state index in [1.165, 1.54) is 44.1 Å². The van der Waals surface area contributed by atoms with Crippen molar-refractivity contribution in [2.45, 2.75) is 58.5 Å². The number of rotatable bonds is 5. The highest BCUT2D eigenvalue weighted by Crippen LogP contribution is 2.33. The fourth-order valence-electron chi connectivity index (χ4n) is 4.47. The molecule has 5 heteroatoms. The molecule has 158 valence electrons. The van der Waals surface area contributed by atoms with Crippen molar-refractivity contribution in [1.82, 2.24) is 14.8 Å². The van der Waals surface area contributed by atoms with Gasteiger partial charge in [0.25, 0.3) is 0 Å². The zero-order valence-electron chi connectivity index (χ0n) is 17.6. The first-order valence-corrected chi connectivity index (χ1v) is 10.9. The van der Waals surface area contributed by atoms with Gasteiger partial charge in [0.2, 0.25) is 0 Å². The molecule has 0 unspecified atom stereocenters. The number of aromatic hydroxyl groups is 1. The van der Waals surface area contributed by atoms with Crippen LogP contribution in [0.2, 0.25) is 0 Å². The number of likely N-dealkylation sites (tertiary alicyclic amines) is 2. The largest absolute Gasteiger partial charge is 0.505 e. The van der Waals surface area contributed by atoms with Crippen molar-refractivity contribution in [3.63, 3.8) is 0 Å². The third-order valence-corrected chi connectivity index (χ3v) is 6.13. The Morgan fingerprint density at radius 1 is 0.828 bits per heavy atom. The van der Waals surface area contributed by atoms with Crippen LogP contribution in [0.5, 0.6) is 5.75 Å². The number of hydrogen-bond donors (Lipinski definition) is 1. The van der Waals surface area contributed by atoms with Gasteiger partial charge >= 0.3 is 0 Å². The maximum atomic E-state index is 11.1. The van der Waals surface area contributed by atoms with E-state index in [1.807, 2.05) is 0 Å². The SMILES string of the molecule is Cc1ccc(-c2nc(CN3CCCCC3)cc(CN3CCCCC3)c2O)cc1.Cl. The monoisotopic (exact) mass is 415 g/mol. The molecule has 0 saturated carbocycles. The third-order valence-electron chi connectivity index (χ3n) is 6.13. The lowest BCUT2D eigenvalue weighted by Gasteiger charge is -2.28. The van der Waals surface area contributed by atoms with Crippen LogP contribution >= 0.6 is 12.4 Å². The molecular formula is C24H34ClN3O. The van der Waals surface area contributed by atoms with E-state index in [9.17, 15) is 5.11 Å². The summed E-state index contributed by atoms with van der Waals surface area (Å²) < 4.78 is 0. The van der Waals surface area contributed by atoms with Gasteiger partial charge in [0.1, 0.15) is 11.4 Å². The number of piperidine rings is 2. The second-order valence-corrected chi connectivity index (χ2v) is 8.51. The highest BCUT2D eigenvalue weighted by Gasteiger charge is 2.19. The molecule has 0 amide bonds. The van der Waals surface area contributed by atoms with Crippen molar-refractivity contribution in [1.29, 1.82) is 0 Å². The molecule has 0 aliphatic carbocycles. The molecule has 1 aromatic carbocycles. The summed E-state index contributed by atoms with van der Waals surface area (Å²) in [4.78, 5) is 9.89. The molecule has 0 bridgehead atoms. The lowest BCUT2D eigenvalue weighted by Crippen LogP contribution is -2.30. The number of halogens is 1. The zero-order chi connectivity index (χ0) is 19.3. The molecule has 3 heterocycles. The van der Waals surface area contributed by atoms with Gasteiger partial charge in [-0.25, -0.2) is 4.98 Å². The van der Waals surface area contributed by atoms with Gasteiger partial charge in [-0.05, 0) is 64.9 Å². The molecule has 0 radical (unpaired) electrons. The van der Waals surface area contributed by atoms with Crippen LogP contribution in [0.1, 0.15) is 55.3 Å². The molecule has 4 nitrogen and oxygen atoms in total. The number of pyridine rings is 1. The van der Waals surface area contributed by atoms with Gasteiger partial charge in [0.15, 0.2) is 0 Å². The fourth-order valence-corrected chi connectivity index (χ4v) is 4.47. The van der Waals surface area contributed by atoms with Gasteiger partial charge in [-0.2, -0.15) is 0 Å². The van der Waals surface area contributed by atoms with Crippen LogP contribution < -0.4 is 0 Å². The predicted octanol–water partition coefficient (Wildman–Crippen LogP) is 5.16. The first kappa shape index (κ1) is 22.1. The zero-order valence-corrected chi connectivity index (χ0v) is 18.4. The second-order valence-electron chi connectivity index (χ2n) is 8.51. The molecule has 2 aromatic rings. The van der Waals surface area contributed by atoms with E-state index in [0.29, 0.717) is 5.75 Å². The van der Waals surface area contributed by atoms with Crippen LogP contribution in [0.4, 0.5) is 0 Å². The first-order valence-electron chi connectivity index (χ1n) is 10.9.